The molecule has 0 fully saturated rings. The number of nitrogens with two attached hydrogens (primary N) is 1. The van der Waals surface area contributed by atoms with Gasteiger partial charge in [-0.3, -0.25) is 14.9 Å². The molecule has 0 saturated carbocycles. The lowest BCUT2D eigenvalue weighted by molar-refractivity contribution is -0.130. The largest absolute Gasteiger partial charge is 0.399 e. The van der Waals surface area contributed by atoms with Gasteiger partial charge >= 0.3 is 0 Å². The van der Waals surface area contributed by atoms with E-state index in [9.17, 15) is 9.59 Å². The molecule has 90 valence electrons. The summed E-state index contributed by atoms with van der Waals surface area (Å²) in [6.45, 7) is 0. The molecule has 2 amide bonds. The molecule has 0 aromatic heterocycles. The van der Waals surface area contributed by atoms with Gasteiger partial charge < -0.3 is 11.1 Å². The molecule has 2 rings (SSSR count). The first-order valence-electron chi connectivity index (χ1n) is 5.42. The highest BCUT2D eigenvalue weighted by molar-refractivity contribution is 5.94. The highest BCUT2D eigenvalue weighted by atomic mass is 16.2. The molecule has 0 bridgehead atoms. The van der Waals surface area contributed by atoms with Gasteiger partial charge in [-0.15, -0.1) is 0 Å². The number of likely N-dealkylation sites (N-methyl/N-ethyl adjacent to an activating group) is 1. The van der Waals surface area contributed by atoms with Crippen molar-refractivity contribution in [3.8, 4) is 0 Å². The summed E-state index contributed by atoms with van der Waals surface area (Å²) >= 11 is 0. The molecular formula is C12H15N3O2. The summed E-state index contributed by atoms with van der Waals surface area (Å²) in [5, 5.41) is 5.23. The quantitative estimate of drug-likeness (QED) is 0.490. The normalized spacial score (nSPS) is 21.9. The number of imide groups is 1. The molecular weight excluding hydrogens is 218 g/mol. The number of amides is 2. The van der Waals surface area contributed by atoms with Crippen molar-refractivity contribution in [2.24, 2.45) is 0 Å². The number of fused-ring (bicyclic) bond motifs is 1. The Hall–Kier alpha value is -1.88. The van der Waals surface area contributed by atoms with Crippen LogP contribution in [0.5, 0.6) is 0 Å². The zero-order valence-corrected chi connectivity index (χ0v) is 9.62. The minimum absolute atomic E-state index is 0.301. The number of nitrogens with one attached hydrogen (secondary N) is 2. The van der Waals surface area contributed by atoms with E-state index in [-0.39, 0.29) is 5.91 Å². The Balaban J connectivity index is 2.31. The number of carbonyl (C=O) groups is 2. The topological polar surface area (TPSA) is 84.2 Å². The Morgan fingerprint density at radius 1 is 1.41 bits per heavy atom. The van der Waals surface area contributed by atoms with Gasteiger partial charge in [0, 0.05) is 18.5 Å². The summed E-state index contributed by atoms with van der Waals surface area (Å²) in [6.07, 6.45) is 1.53. The Morgan fingerprint density at radius 2 is 2.12 bits per heavy atom. The van der Waals surface area contributed by atoms with Crippen LogP contribution >= 0.6 is 0 Å². The highest BCUT2D eigenvalue weighted by Gasteiger charge is 2.42. The van der Waals surface area contributed by atoms with Crippen molar-refractivity contribution < 1.29 is 9.59 Å². The van der Waals surface area contributed by atoms with Crippen LogP contribution in [0.4, 0.5) is 5.69 Å². The lowest BCUT2D eigenvalue weighted by Gasteiger charge is -2.25. The molecule has 0 spiro atoms. The van der Waals surface area contributed by atoms with E-state index < -0.39 is 5.54 Å². The minimum Gasteiger partial charge on any atom is -0.399 e. The number of benzene rings is 1. The van der Waals surface area contributed by atoms with Crippen molar-refractivity contribution in [3.63, 3.8) is 0 Å². The molecule has 1 atom stereocenters. The standard InChI is InChI=1S/C12H15N3O2/c1-14-12(11(17)15-7-16)5-8-2-3-10(13)4-9(8)6-12/h2-4,7,14H,5-6,13H2,1H3,(H,15,16,17). The molecule has 0 heterocycles. The molecule has 0 aliphatic heterocycles. The minimum atomic E-state index is -0.739. The third kappa shape index (κ3) is 1.89. The molecule has 1 aromatic carbocycles. The van der Waals surface area contributed by atoms with Gasteiger partial charge in [0.1, 0.15) is 5.54 Å². The van der Waals surface area contributed by atoms with Gasteiger partial charge in [-0.2, -0.15) is 0 Å². The predicted octanol–water partition coefficient (Wildman–Crippen LogP) is -0.402. The van der Waals surface area contributed by atoms with Crippen LogP contribution in [0.2, 0.25) is 0 Å². The van der Waals surface area contributed by atoms with Gasteiger partial charge in [0.05, 0.1) is 0 Å². The Labute approximate surface area is 99.4 Å². The molecule has 0 radical (unpaired) electrons. The van der Waals surface area contributed by atoms with Gasteiger partial charge in [-0.1, -0.05) is 6.07 Å². The van der Waals surface area contributed by atoms with Crippen molar-refractivity contribution in [2.45, 2.75) is 18.4 Å². The number of hydrogen-bond donors (Lipinski definition) is 3. The van der Waals surface area contributed by atoms with Crippen molar-refractivity contribution >= 4 is 18.0 Å². The third-order valence-corrected chi connectivity index (χ3v) is 3.32. The number of anilines is 1. The lowest BCUT2D eigenvalue weighted by atomic mass is 9.95. The maximum absolute atomic E-state index is 11.9. The summed E-state index contributed by atoms with van der Waals surface area (Å²) in [5.41, 5.74) is 7.81. The fourth-order valence-electron chi connectivity index (χ4n) is 2.34. The third-order valence-electron chi connectivity index (χ3n) is 3.32. The van der Waals surface area contributed by atoms with Crippen LogP contribution in [0.25, 0.3) is 0 Å². The average molecular weight is 233 g/mol. The van der Waals surface area contributed by atoms with Crippen LogP contribution in [0.1, 0.15) is 11.1 Å². The van der Waals surface area contributed by atoms with Crippen molar-refractivity contribution in [1.29, 1.82) is 0 Å². The van der Waals surface area contributed by atoms with Crippen molar-refractivity contribution in [2.75, 3.05) is 12.8 Å². The average Bonchev–Trinajstić information content (AvgIpc) is 2.68. The summed E-state index contributed by atoms with van der Waals surface area (Å²) in [5.74, 6) is -0.301. The molecule has 1 aliphatic carbocycles. The molecule has 5 heteroatoms. The zero-order valence-electron chi connectivity index (χ0n) is 9.62. The van der Waals surface area contributed by atoms with E-state index in [1.165, 1.54) is 0 Å². The first kappa shape index (κ1) is 11.6. The number of nitrogen functional groups attached to an aromatic ring is 1. The molecule has 5 nitrogen and oxygen atoms in total. The van der Waals surface area contributed by atoms with Crippen LogP contribution in [-0.4, -0.2) is 24.9 Å². The van der Waals surface area contributed by atoms with Crippen LogP contribution in [0, 0.1) is 0 Å². The van der Waals surface area contributed by atoms with Crippen LogP contribution in [0.15, 0.2) is 18.2 Å². The second-order valence-electron chi connectivity index (χ2n) is 4.31. The molecule has 4 N–H and O–H groups in total. The Morgan fingerprint density at radius 3 is 2.76 bits per heavy atom. The summed E-state index contributed by atoms with van der Waals surface area (Å²) in [6, 6.07) is 5.63. The second-order valence-corrected chi connectivity index (χ2v) is 4.31. The van der Waals surface area contributed by atoms with Gasteiger partial charge in [-0.25, -0.2) is 0 Å². The van der Waals surface area contributed by atoms with Crippen LogP contribution in [0.3, 0.4) is 0 Å². The summed E-state index contributed by atoms with van der Waals surface area (Å²) in [4.78, 5) is 22.3. The molecule has 1 aromatic rings. The smallest absolute Gasteiger partial charge is 0.247 e. The van der Waals surface area contributed by atoms with E-state index in [4.69, 9.17) is 5.73 Å². The number of carbonyl (C=O) groups excluding carboxylic acids is 2. The Bertz CT molecular complexity index is 473. The predicted molar refractivity (Wildman–Crippen MR) is 64.3 cm³/mol. The number of rotatable bonds is 3. The molecule has 0 saturated heterocycles. The maximum Gasteiger partial charge on any atom is 0.247 e. The van der Waals surface area contributed by atoms with E-state index >= 15 is 0 Å². The first-order chi connectivity index (χ1) is 8.11. The van der Waals surface area contributed by atoms with Crippen LogP contribution in [-0.2, 0) is 22.4 Å². The van der Waals surface area contributed by atoms with Crippen molar-refractivity contribution in [1.82, 2.24) is 10.6 Å². The van der Waals surface area contributed by atoms with E-state index in [0.29, 0.717) is 24.9 Å². The number of hydrogen-bond acceptors (Lipinski definition) is 4. The van der Waals surface area contributed by atoms with E-state index in [1.807, 2.05) is 18.2 Å². The maximum atomic E-state index is 11.9. The molecule has 1 unspecified atom stereocenters. The SMILES string of the molecule is CNC1(C(=O)NC=O)Cc2ccc(N)cc2C1. The zero-order chi connectivity index (χ0) is 12.5. The van der Waals surface area contributed by atoms with E-state index in [2.05, 4.69) is 10.6 Å². The monoisotopic (exact) mass is 233 g/mol. The molecule has 17 heavy (non-hydrogen) atoms. The first-order valence-corrected chi connectivity index (χ1v) is 5.42. The molecule has 1 aliphatic rings. The highest BCUT2D eigenvalue weighted by Crippen LogP contribution is 2.31. The Kier molecular flexibility index (Phi) is 2.85. The van der Waals surface area contributed by atoms with E-state index in [0.717, 1.165) is 11.1 Å². The fraction of sp³-hybridized carbons (Fsp3) is 0.333. The fourth-order valence-corrected chi connectivity index (χ4v) is 2.34. The van der Waals surface area contributed by atoms with Crippen molar-refractivity contribution in [3.05, 3.63) is 29.3 Å². The summed E-state index contributed by atoms with van der Waals surface area (Å²) in [7, 11) is 1.72. The van der Waals surface area contributed by atoms with Crippen LogP contribution < -0.4 is 16.4 Å². The lowest BCUT2D eigenvalue weighted by Crippen LogP contribution is -2.56. The van der Waals surface area contributed by atoms with Gasteiger partial charge in [0.25, 0.3) is 0 Å². The van der Waals surface area contributed by atoms with Gasteiger partial charge in [0.2, 0.25) is 12.3 Å². The summed E-state index contributed by atoms with van der Waals surface area (Å²) < 4.78 is 0. The second kappa shape index (κ2) is 4.18. The van der Waals surface area contributed by atoms with Gasteiger partial charge in [0.15, 0.2) is 0 Å². The van der Waals surface area contributed by atoms with E-state index in [1.54, 1.807) is 7.05 Å². The van der Waals surface area contributed by atoms with Gasteiger partial charge in [-0.05, 0) is 30.3 Å².